The van der Waals surface area contributed by atoms with Crippen LogP contribution in [0.5, 0.6) is 0 Å². The first-order valence-electron chi connectivity index (χ1n) is 7.31. The van der Waals surface area contributed by atoms with E-state index in [2.05, 4.69) is 17.6 Å². The van der Waals surface area contributed by atoms with Crippen molar-refractivity contribution < 1.29 is 0 Å². The number of aryl methyl sites for hydroxylation is 1. The van der Waals surface area contributed by atoms with Crippen LogP contribution in [0.2, 0.25) is 4.34 Å². The summed E-state index contributed by atoms with van der Waals surface area (Å²) in [6, 6.07) is 2.73. The van der Waals surface area contributed by atoms with Gasteiger partial charge in [-0.15, -0.1) is 11.3 Å². The van der Waals surface area contributed by atoms with Crippen molar-refractivity contribution in [2.24, 2.45) is 0 Å². The van der Waals surface area contributed by atoms with Gasteiger partial charge in [-0.05, 0) is 62.3 Å². The molecule has 2 rings (SSSR count). The van der Waals surface area contributed by atoms with Gasteiger partial charge in [-0.1, -0.05) is 24.4 Å². The zero-order valence-corrected chi connectivity index (χ0v) is 14.1. The van der Waals surface area contributed by atoms with Gasteiger partial charge < -0.3 is 5.32 Å². The van der Waals surface area contributed by atoms with Crippen molar-refractivity contribution >= 4 is 34.7 Å². The molecule has 108 valence electrons. The standard InChI is InChI=1S/C15H24ClNS2/c1-18-10-5-3-2-4-9-17-13-7-6-8-14-12(13)11-15(16)19-14/h11,13,17H,2-10H2,1H3. The lowest BCUT2D eigenvalue weighted by Crippen LogP contribution is -2.25. The van der Waals surface area contributed by atoms with Crippen LogP contribution < -0.4 is 5.32 Å². The van der Waals surface area contributed by atoms with Crippen molar-refractivity contribution in [3.05, 3.63) is 20.8 Å². The lowest BCUT2D eigenvalue weighted by molar-refractivity contribution is 0.453. The van der Waals surface area contributed by atoms with Crippen LogP contribution in [0.15, 0.2) is 6.07 Å². The molecule has 1 heterocycles. The van der Waals surface area contributed by atoms with Crippen LogP contribution in [-0.2, 0) is 6.42 Å². The molecule has 0 saturated heterocycles. The smallest absolute Gasteiger partial charge is 0.0934 e. The first kappa shape index (κ1) is 15.7. The maximum absolute atomic E-state index is 6.14. The second-order valence-corrected chi connectivity index (χ2v) is 7.99. The van der Waals surface area contributed by atoms with Crippen LogP contribution in [0, 0.1) is 0 Å². The number of hydrogen-bond donors (Lipinski definition) is 1. The molecule has 1 N–H and O–H groups in total. The second-order valence-electron chi connectivity index (χ2n) is 5.23. The van der Waals surface area contributed by atoms with E-state index in [9.17, 15) is 0 Å². The van der Waals surface area contributed by atoms with E-state index in [0.717, 1.165) is 10.9 Å². The molecule has 1 unspecified atom stereocenters. The average molecular weight is 318 g/mol. The van der Waals surface area contributed by atoms with E-state index in [1.807, 2.05) is 11.8 Å². The van der Waals surface area contributed by atoms with E-state index >= 15 is 0 Å². The normalized spacial score (nSPS) is 18.5. The van der Waals surface area contributed by atoms with Gasteiger partial charge in [0.2, 0.25) is 0 Å². The molecule has 0 saturated carbocycles. The summed E-state index contributed by atoms with van der Waals surface area (Å²) in [6.45, 7) is 1.15. The molecule has 1 aromatic heterocycles. The molecule has 1 aromatic rings. The van der Waals surface area contributed by atoms with E-state index in [4.69, 9.17) is 11.6 Å². The van der Waals surface area contributed by atoms with Gasteiger partial charge in [0.15, 0.2) is 0 Å². The third-order valence-electron chi connectivity index (χ3n) is 3.75. The summed E-state index contributed by atoms with van der Waals surface area (Å²) in [5.41, 5.74) is 1.48. The molecule has 1 atom stereocenters. The highest BCUT2D eigenvalue weighted by Crippen LogP contribution is 2.37. The Balaban J connectivity index is 1.67. The molecule has 1 aliphatic rings. The molecule has 1 nitrogen and oxygen atoms in total. The highest BCUT2D eigenvalue weighted by atomic mass is 35.5. The molecule has 19 heavy (non-hydrogen) atoms. The van der Waals surface area contributed by atoms with Gasteiger partial charge in [0, 0.05) is 10.9 Å². The zero-order chi connectivity index (χ0) is 13.5. The molecule has 0 amide bonds. The summed E-state index contributed by atoms with van der Waals surface area (Å²) in [7, 11) is 0. The molecule has 4 heteroatoms. The van der Waals surface area contributed by atoms with E-state index in [0.29, 0.717) is 6.04 Å². The predicted octanol–water partition coefficient (Wildman–Crippen LogP) is 5.29. The first-order chi connectivity index (χ1) is 9.31. The lowest BCUT2D eigenvalue weighted by atomic mass is 9.94. The Kier molecular flexibility index (Phi) is 7.06. The van der Waals surface area contributed by atoms with Crippen LogP contribution in [-0.4, -0.2) is 18.6 Å². The minimum absolute atomic E-state index is 0.554. The van der Waals surface area contributed by atoms with Gasteiger partial charge in [0.05, 0.1) is 4.34 Å². The number of fused-ring (bicyclic) bond motifs is 1. The maximum Gasteiger partial charge on any atom is 0.0934 e. The van der Waals surface area contributed by atoms with Gasteiger partial charge in [-0.2, -0.15) is 11.8 Å². The fourth-order valence-electron chi connectivity index (χ4n) is 2.73. The summed E-state index contributed by atoms with van der Waals surface area (Å²) in [6.07, 6.45) is 11.4. The van der Waals surface area contributed by atoms with Crippen molar-refractivity contribution in [2.45, 2.75) is 51.0 Å². The van der Waals surface area contributed by atoms with Crippen LogP contribution in [0.3, 0.4) is 0 Å². The summed E-state index contributed by atoms with van der Waals surface area (Å²) < 4.78 is 0.954. The fraction of sp³-hybridized carbons (Fsp3) is 0.733. The molecule has 0 spiro atoms. The third kappa shape index (κ3) is 4.96. The monoisotopic (exact) mass is 317 g/mol. The van der Waals surface area contributed by atoms with Crippen LogP contribution in [0.25, 0.3) is 0 Å². The molecule has 1 aliphatic carbocycles. The Labute approximate surface area is 130 Å². The van der Waals surface area contributed by atoms with Gasteiger partial charge in [0.1, 0.15) is 0 Å². The minimum atomic E-state index is 0.554. The highest BCUT2D eigenvalue weighted by Gasteiger charge is 2.21. The van der Waals surface area contributed by atoms with E-state index in [1.54, 1.807) is 11.3 Å². The SMILES string of the molecule is CSCCCCCCNC1CCCc2sc(Cl)cc21. The fourth-order valence-corrected chi connectivity index (χ4v) is 4.61. The molecule has 0 aromatic carbocycles. The van der Waals surface area contributed by atoms with Gasteiger partial charge >= 0.3 is 0 Å². The van der Waals surface area contributed by atoms with Crippen molar-refractivity contribution in [1.29, 1.82) is 0 Å². The van der Waals surface area contributed by atoms with Crippen LogP contribution in [0.4, 0.5) is 0 Å². The van der Waals surface area contributed by atoms with Gasteiger partial charge in [0.25, 0.3) is 0 Å². The van der Waals surface area contributed by atoms with Gasteiger partial charge in [-0.3, -0.25) is 0 Å². The number of halogens is 1. The Morgan fingerprint density at radius 3 is 3.05 bits per heavy atom. The summed E-state index contributed by atoms with van der Waals surface area (Å²) in [5, 5.41) is 3.72. The number of thioether (sulfide) groups is 1. The van der Waals surface area contributed by atoms with Crippen molar-refractivity contribution in [2.75, 3.05) is 18.6 Å². The highest BCUT2D eigenvalue weighted by molar-refractivity contribution is 7.98. The summed E-state index contributed by atoms with van der Waals surface area (Å²) in [4.78, 5) is 1.51. The van der Waals surface area contributed by atoms with Crippen LogP contribution in [0.1, 0.15) is 55.0 Å². The number of thiophene rings is 1. The Hall–Kier alpha value is 0.300. The zero-order valence-electron chi connectivity index (χ0n) is 11.7. The summed E-state index contributed by atoms with van der Waals surface area (Å²) in [5.74, 6) is 1.31. The van der Waals surface area contributed by atoms with E-state index in [-0.39, 0.29) is 0 Å². The molecular formula is C15H24ClNS2. The summed E-state index contributed by atoms with van der Waals surface area (Å²) >= 11 is 9.86. The van der Waals surface area contributed by atoms with Crippen molar-refractivity contribution in [3.8, 4) is 0 Å². The maximum atomic E-state index is 6.14. The molecular weight excluding hydrogens is 294 g/mol. The Bertz CT molecular complexity index is 378. The number of unbranched alkanes of at least 4 members (excludes halogenated alkanes) is 3. The second kappa shape index (κ2) is 8.56. The quantitative estimate of drug-likeness (QED) is 0.654. The van der Waals surface area contributed by atoms with E-state index < -0.39 is 0 Å². The number of rotatable bonds is 8. The average Bonchev–Trinajstić information content (AvgIpc) is 2.78. The van der Waals surface area contributed by atoms with Gasteiger partial charge in [-0.25, -0.2) is 0 Å². The Morgan fingerprint density at radius 1 is 1.37 bits per heavy atom. The number of nitrogens with one attached hydrogen (secondary N) is 1. The minimum Gasteiger partial charge on any atom is -0.310 e. The molecule has 0 aliphatic heterocycles. The number of hydrogen-bond acceptors (Lipinski definition) is 3. The third-order valence-corrected chi connectivity index (χ3v) is 5.79. The van der Waals surface area contributed by atoms with Crippen molar-refractivity contribution in [1.82, 2.24) is 5.32 Å². The molecule has 0 radical (unpaired) electrons. The molecule has 0 fully saturated rings. The Morgan fingerprint density at radius 2 is 2.21 bits per heavy atom. The largest absolute Gasteiger partial charge is 0.310 e. The van der Waals surface area contributed by atoms with Crippen molar-refractivity contribution in [3.63, 3.8) is 0 Å². The van der Waals surface area contributed by atoms with Crippen LogP contribution >= 0.6 is 34.7 Å². The first-order valence-corrected chi connectivity index (χ1v) is 9.90. The van der Waals surface area contributed by atoms with E-state index in [1.165, 1.54) is 61.1 Å². The lowest BCUT2D eigenvalue weighted by Gasteiger charge is -2.23. The topological polar surface area (TPSA) is 12.0 Å². The predicted molar refractivity (Wildman–Crippen MR) is 89.9 cm³/mol. The molecule has 0 bridgehead atoms.